The van der Waals surface area contributed by atoms with E-state index in [1.807, 2.05) is 11.8 Å². The van der Waals surface area contributed by atoms with E-state index in [1.54, 1.807) is 0 Å². The third-order valence-electron chi connectivity index (χ3n) is 2.89. The Kier molecular flexibility index (Phi) is 3.39. The summed E-state index contributed by atoms with van der Waals surface area (Å²) in [6.45, 7) is 4.07. The van der Waals surface area contributed by atoms with Crippen molar-refractivity contribution in [3.05, 3.63) is 12.7 Å². The third kappa shape index (κ3) is 2.51. The highest BCUT2D eigenvalue weighted by atomic mass is 16.5. The van der Waals surface area contributed by atoms with Crippen LogP contribution < -0.4 is 16.2 Å². The number of hydrogen-bond acceptors (Lipinski definition) is 9. The lowest BCUT2D eigenvalue weighted by molar-refractivity contribution is 0.0526. The van der Waals surface area contributed by atoms with Gasteiger partial charge in [0.1, 0.15) is 12.7 Å². The average Bonchev–Trinajstić information content (AvgIpc) is 3.01. The molecule has 10 heteroatoms. The van der Waals surface area contributed by atoms with Gasteiger partial charge in [0, 0.05) is 13.1 Å². The van der Waals surface area contributed by atoms with Crippen molar-refractivity contribution in [3.8, 4) is 5.95 Å². The topological polar surface area (TPSA) is 120 Å². The summed E-state index contributed by atoms with van der Waals surface area (Å²) in [6.07, 6.45) is 3.06. The Labute approximate surface area is 115 Å². The van der Waals surface area contributed by atoms with Crippen LogP contribution in [0.3, 0.4) is 0 Å². The fraction of sp³-hybridized carbons (Fsp3) is 0.500. The number of nitrogens with zero attached hydrogens (tertiary/aromatic N) is 7. The molecule has 1 aliphatic heterocycles. The number of aromatic nitrogens is 6. The SMILES string of the molecule is CC1CN(c2nc(NN)nc(-n3cncn3)n2)CCO1. The predicted molar refractivity (Wildman–Crippen MR) is 70.2 cm³/mol. The molecule has 20 heavy (non-hydrogen) atoms. The van der Waals surface area contributed by atoms with Crippen LogP contribution in [0.15, 0.2) is 12.7 Å². The van der Waals surface area contributed by atoms with Crippen molar-refractivity contribution in [3.63, 3.8) is 0 Å². The fourth-order valence-electron chi connectivity index (χ4n) is 1.97. The van der Waals surface area contributed by atoms with E-state index in [4.69, 9.17) is 10.6 Å². The summed E-state index contributed by atoms with van der Waals surface area (Å²) in [7, 11) is 0. The van der Waals surface area contributed by atoms with Crippen molar-refractivity contribution in [1.82, 2.24) is 29.7 Å². The average molecular weight is 277 g/mol. The molecule has 2 aromatic rings. The standard InChI is InChI=1S/C10H15N9O/c1-7-4-18(2-3-20-7)9-14-8(17-11)15-10(16-9)19-6-12-5-13-19/h5-7H,2-4,11H2,1H3,(H,14,15,16,17). The van der Waals surface area contributed by atoms with Gasteiger partial charge in [0.2, 0.25) is 11.9 Å². The minimum atomic E-state index is 0.129. The third-order valence-corrected chi connectivity index (χ3v) is 2.89. The number of nitrogens with one attached hydrogen (secondary N) is 1. The molecule has 10 nitrogen and oxygen atoms in total. The van der Waals surface area contributed by atoms with Gasteiger partial charge in [-0.2, -0.15) is 24.7 Å². The van der Waals surface area contributed by atoms with Gasteiger partial charge < -0.3 is 9.64 Å². The van der Waals surface area contributed by atoms with Crippen LogP contribution in [0, 0.1) is 0 Å². The van der Waals surface area contributed by atoms with Gasteiger partial charge in [0.25, 0.3) is 5.95 Å². The van der Waals surface area contributed by atoms with E-state index in [2.05, 4.69) is 30.5 Å². The van der Waals surface area contributed by atoms with Gasteiger partial charge in [0.05, 0.1) is 12.7 Å². The highest BCUT2D eigenvalue weighted by molar-refractivity contribution is 5.39. The number of hydrazine groups is 1. The maximum Gasteiger partial charge on any atom is 0.258 e. The summed E-state index contributed by atoms with van der Waals surface area (Å²) >= 11 is 0. The number of morpholine rings is 1. The molecule has 0 aliphatic carbocycles. The molecule has 3 N–H and O–H groups in total. The Balaban J connectivity index is 1.96. The summed E-state index contributed by atoms with van der Waals surface area (Å²) in [5.74, 6) is 6.58. The molecule has 1 atom stereocenters. The second-order valence-electron chi connectivity index (χ2n) is 4.37. The van der Waals surface area contributed by atoms with Crippen LogP contribution in [0.2, 0.25) is 0 Å². The van der Waals surface area contributed by atoms with Crippen LogP contribution in [0.25, 0.3) is 5.95 Å². The van der Waals surface area contributed by atoms with Crippen molar-refractivity contribution < 1.29 is 4.74 Å². The molecule has 1 unspecified atom stereocenters. The molecular weight excluding hydrogens is 262 g/mol. The Bertz CT molecular complexity index is 572. The minimum absolute atomic E-state index is 0.129. The van der Waals surface area contributed by atoms with Crippen LogP contribution in [0.5, 0.6) is 0 Å². The number of hydrogen-bond donors (Lipinski definition) is 2. The van der Waals surface area contributed by atoms with E-state index in [0.29, 0.717) is 25.0 Å². The molecule has 0 aromatic carbocycles. The van der Waals surface area contributed by atoms with E-state index in [-0.39, 0.29) is 12.1 Å². The molecule has 1 saturated heterocycles. The second-order valence-corrected chi connectivity index (χ2v) is 4.37. The van der Waals surface area contributed by atoms with Crippen molar-refractivity contribution >= 4 is 11.9 Å². The van der Waals surface area contributed by atoms with Crippen LogP contribution in [0.1, 0.15) is 6.92 Å². The zero-order chi connectivity index (χ0) is 13.9. The fourth-order valence-corrected chi connectivity index (χ4v) is 1.97. The molecule has 0 radical (unpaired) electrons. The molecule has 106 valence electrons. The molecule has 3 rings (SSSR count). The van der Waals surface area contributed by atoms with Crippen molar-refractivity contribution in [1.29, 1.82) is 0 Å². The highest BCUT2D eigenvalue weighted by Gasteiger charge is 2.21. The molecule has 1 fully saturated rings. The smallest absolute Gasteiger partial charge is 0.258 e. The number of nitrogen functional groups attached to an aromatic ring is 1. The van der Waals surface area contributed by atoms with E-state index >= 15 is 0 Å². The minimum Gasteiger partial charge on any atom is -0.375 e. The van der Waals surface area contributed by atoms with Gasteiger partial charge in [0.15, 0.2) is 0 Å². The van der Waals surface area contributed by atoms with Crippen LogP contribution in [-0.2, 0) is 4.74 Å². The Morgan fingerprint density at radius 2 is 2.20 bits per heavy atom. The molecule has 2 aromatic heterocycles. The van der Waals surface area contributed by atoms with Crippen LogP contribution in [0.4, 0.5) is 11.9 Å². The maximum atomic E-state index is 5.51. The summed E-state index contributed by atoms with van der Waals surface area (Å²) in [5.41, 5.74) is 2.44. The van der Waals surface area contributed by atoms with Crippen LogP contribution in [-0.4, -0.2) is 55.5 Å². The zero-order valence-electron chi connectivity index (χ0n) is 11.0. The van der Waals surface area contributed by atoms with Crippen molar-refractivity contribution in [2.75, 3.05) is 30.0 Å². The lowest BCUT2D eigenvalue weighted by Gasteiger charge is -2.31. The first-order chi connectivity index (χ1) is 9.76. The first-order valence-corrected chi connectivity index (χ1v) is 6.20. The summed E-state index contributed by atoms with van der Waals surface area (Å²) in [4.78, 5) is 18.7. The number of ether oxygens (including phenoxy) is 1. The number of nitrogens with two attached hydrogens (primary N) is 1. The quantitative estimate of drug-likeness (QED) is 0.535. The van der Waals surface area contributed by atoms with Gasteiger partial charge >= 0.3 is 0 Å². The molecular formula is C10H15N9O. The zero-order valence-corrected chi connectivity index (χ0v) is 11.0. The summed E-state index contributed by atoms with van der Waals surface area (Å²) in [6, 6.07) is 0. The molecule has 0 bridgehead atoms. The van der Waals surface area contributed by atoms with E-state index in [9.17, 15) is 0 Å². The lowest BCUT2D eigenvalue weighted by Crippen LogP contribution is -2.42. The normalized spacial score (nSPS) is 19.1. The number of rotatable bonds is 3. The van der Waals surface area contributed by atoms with E-state index < -0.39 is 0 Å². The lowest BCUT2D eigenvalue weighted by atomic mass is 10.3. The first kappa shape index (κ1) is 12.7. The highest BCUT2D eigenvalue weighted by Crippen LogP contribution is 2.15. The Morgan fingerprint density at radius 3 is 2.90 bits per heavy atom. The molecule has 0 amide bonds. The Hall–Kier alpha value is -2.33. The van der Waals surface area contributed by atoms with Gasteiger partial charge in [-0.3, -0.25) is 5.43 Å². The molecule has 3 heterocycles. The Morgan fingerprint density at radius 1 is 1.35 bits per heavy atom. The van der Waals surface area contributed by atoms with Gasteiger partial charge in [-0.05, 0) is 6.92 Å². The molecule has 0 spiro atoms. The number of anilines is 2. The molecule has 1 aliphatic rings. The largest absolute Gasteiger partial charge is 0.375 e. The summed E-state index contributed by atoms with van der Waals surface area (Å²) < 4.78 is 6.96. The van der Waals surface area contributed by atoms with Crippen molar-refractivity contribution in [2.45, 2.75) is 13.0 Å². The van der Waals surface area contributed by atoms with Crippen LogP contribution >= 0.6 is 0 Å². The van der Waals surface area contributed by atoms with Crippen molar-refractivity contribution in [2.24, 2.45) is 5.84 Å². The second kappa shape index (κ2) is 5.35. The van der Waals surface area contributed by atoms with Gasteiger partial charge in [-0.1, -0.05) is 0 Å². The van der Waals surface area contributed by atoms with Gasteiger partial charge in [-0.25, -0.2) is 10.8 Å². The van der Waals surface area contributed by atoms with E-state index in [0.717, 1.165) is 6.54 Å². The predicted octanol–water partition coefficient (Wildman–Crippen LogP) is -1.04. The monoisotopic (exact) mass is 277 g/mol. The summed E-state index contributed by atoms with van der Waals surface area (Å²) in [5, 5.41) is 4.00. The molecule has 0 saturated carbocycles. The van der Waals surface area contributed by atoms with E-state index in [1.165, 1.54) is 17.3 Å². The van der Waals surface area contributed by atoms with Gasteiger partial charge in [-0.15, -0.1) is 0 Å². The maximum absolute atomic E-state index is 5.51. The first-order valence-electron chi connectivity index (χ1n) is 6.20.